The summed E-state index contributed by atoms with van der Waals surface area (Å²) in [5, 5.41) is 12.3. The Morgan fingerprint density at radius 1 is 1.35 bits per heavy atom. The molecule has 0 atom stereocenters. The Labute approximate surface area is 158 Å². The second-order valence-electron chi connectivity index (χ2n) is 6.56. The Bertz CT molecular complexity index is 808. The van der Waals surface area contributed by atoms with Crippen LogP contribution in [0.4, 0.5) is 0 Å². The lowest BCUT2D eigenvalue weighted by atomic mass is 9.98. The third-order valence-electron chi connectivity index (χ3n) is 4.41. The first-order chi connectivity index (χ1) is 12.5. The molecule has 0 saturated heterocycles. The predicted octanol–water partition coefficient (Wildman–Crippen LogP) is 4.04. The highest BCUT2D eigenvalue weighted by Gasteiger charge is 2.16. The normalized spacial score (nSPS) is 15.7. The van der Waals surface area contributed by atoms with E-state index in [1.54, 1.807) is 11.3 Å². The van der Waals surface area contributed by atoms with E-state index in [4.69, 9.17) is 15.9 Å². The number of guanidine groups is 1. The van der Waals surface area contributed by atoms with Crippen LogP contribution in [-0.4, -0.2) is 22.8 Å². The third kappa shape index (κ3) is 4.60. The number of benzene rings is 1. The third-order valence-corrected chi connectivity index (χ3v) is 5.72. The van der Waals surface area contributed by atoms with Gasteiger partial charge in [0.1, 0.15) is 10.8 Å². The molecule has 0 bridgehead atoms. The highest BCUT2D eigenvalue weighted by Crippen LogP contribution is 2.31. The minimum atomic E-state index is -0.181. The number of hydrazone groups is 1. The Kier molecular flexibility index (Phi) is 5.88. The van der Waals surface area contributed by atoms with Crippen molar-refractivity contribution in [2.45, 2.75) is 52.1 Å². The zero-order valence-electron chi connectivity index (χ0n) is 15.2. The van der Waals surface area contributed by atoms with Crippen LogP contribution < -0.4 is 15.9 Å². The molecule has 1 aliphatic carbocycles. The van der Waals surface area contributed by atoms with Crippen LogP contribution >= 0.6 is 11.3 Å². The lowest BCUT2D eigenvalue weighted by Gasteiger charge is -2.23. The lowest BCUT2D eigenvalue weighted by Crippen LogP contribution is -2.26. The fourth-order valence-electron chi connectivity index (χ4n) is 3.13. The monoisotopic (exact) mass is 371 g/mol. The van der Waals surface area contributed by atoms with Gasteiger partial charge in [-0.3, -0.25) is 5.41 Å². The summed E-state index contributed by atoms with van der Waals surface area (Å²) in [5.74, 6) is 0.728. The van der Waals surface area contributed by atoms with E-state index in [2.05, 4.69) is 27.6 Å². The summed E-state index contributed by atoms with van der Waals surface area (Å²) < 4.78 is 6.17. The first-order valence-electron chi connectivity index (χ1n) is 8.92. The molecule has 4 N–H and O–H groups in total. The maximum absolute atomic E-state index is 7.21. The lowest BCUT2D eigenvalue weighted by molar-refractivity contribution is 0.155. The molecule has 0 spiro atoms. The summed E-state index contributed by atoms with van der Waals surface area (Å²) in [4.78, 5) is 5.67. The summed E-state index contributed by atoms with van der Waals surface area (Å²) >= 11 is 1.58. The smallest absolute Gasteiger partial charge is 0.206 e. The number of thiazole rings is 1. The number of nitrogens with one attached hydrogen (secondary N) is 2. The zero-order chi connectivity index (χ0) is 18.5. The molecule has 2 aromatic rings. The van der Waals surface area contributed by atoms with Crippen molar-refractivity contribution >= 4 is 23.0 Å². The van der Waals surface area contributed by atoms with Gasteiger partial charge in [-0.1, -0.05) is 18.6 Å². The number of hydrogen-bond acceptors (Lipinski definition) is 5. The second kappa shape index (κ2) is 8.31. The van der Waals surface area contributed by atoms with Crippen molar-refractivity contribution in [1.82, 2.24) is 10.4 Å². The number of nitrogens with zero attached hydrogens (tertiary/aromatic N) is 2. The van der Waals surface area contributed by atoms with E-state index >= 15 is 0 Å². The van der Waals surface area contributed by atoms with Gasteiger partial charge in [0.25, 0.3) is 0 Å². The van der Waals surface area contributed by atoms with Gasteiger partial charge in [0, 0.05) is 5.56 Å². The highest BCUT2D eigenvalue weighted by molar-refractivity contribution is 7.17. The van der Waals surface area contributed by atoms with Gasteiger partial charge in [-0.2, -0.15) is 5.10 Å². The van der Waals surface area contributed by atoms with Crippen LogP contribution in [-0.2, 0) is 0 Å². The van der Waals surface area contributed by atoms with Crippen LogP contribution in [0.15, 0.2) is 29.4 Å². The number of ether oxygens (including phenoxy) is 1. The van der Waals surface area contributed by atoms with E-state index in [0.717, 1.165) is 45.4 Å². The van der Waals surface area contributed by atoms with Gasteiger partial charge in [-0.15, -0.1) is 11.3 Å². The van der Waals surface area contributed by atoms with E-state index in [-0.39, 0.29) is 5.96 Å². The number of hydrogen-bond donors (Lipinski definition) is 3. The van der Waals surface area contributed by atoms with E-state index in [0.29, 0.717) is 6.10 Å². The number of nitrogens with two attached hydrogens (primary N) is 1. The Morgan fingerprint density at radius 2 is 2.12 bits per heavy atom. The molecule has 0 amide bonds. The molecule has 6 nitrogen and oxygen atoms in total. The first-order valence-corrected chi connectivity index (χ1v) is 9.74. The quantitative estimate of drug-likeness (QED) is 0.420. The molecule has 0 aliphatic heterocycles. The topological polar surface area (TPSA) is 96.4 Å². The average molecular weight is 372 g/mol. The molecule has 1 heterocycles. The highest BCUT2D eigenvalue weighted by atomic mass is 32.1. The van der Waals surface area contributed by atoms with Gasteiger partial charge < -0.3 is 10.5 Å². The van der Waals surface area contributed by atoms with Crippen LogP contribution in [0.5, 0.6) is 5.75 Å². The van der Waals surface area contributed by atoms with Gasteiger partial charge in [0.15, 0.2) is 0 Å². The van der Waals surface area contributed by atoms with Crippen LogP contribution in [0.3, 0.4) is 0 Å². The van der Waals surface area contributed by atoms with E-state index < -0.39 is 0 Å². The average Bonchev–Trinajstić information content (AvgIpc) is 3.03. The number of aromatic nitrogens is 1. The molecule has 0 unspecified atom stereocenters. The van der Waals surface area contributed by atoms with Crippen LogP contribution in [0.25, 0.3) is 10.6 Å². The molecule has 1 aromatic heterocycles. The van der Waals surface area contributed by atoms with Crippen LogP contribution in [0.2, 0.25) is 0 Å². The summed E-state index contributed by atoms with van der Waals surface area (Å²) in [6.07, 6.45) is 6.45. The molecule has 7 heteroatoms. The van der Waals surface area contributed by atoms with Crippen molar-refractivity contribution in [2.75, 3.05) is 0 Å². The Hall–Kier alpha value is -2.41. The summed E-state index contributed by atoms with van der Waals surface area (Å²) in [5.41, 5.74) is 10.5. The maximum atomic E-state index is 7.21. The van der Waals surface area contributed by atoms with Crippen LogP contribution in [0.1, 0.15) is 49.6 Å². The standard InChI is InChI=1S/C19H25N5OS/c1-12-17(13(2)23-24-19(20)21)26-18(22-12)14-7-6-10-16(11-14)25-15-8-4-3-5-9-15/h6-7,10-11,15H,3-5,8-9H2,1-2H3,(H4,20,21,24). The second-order valence-corrected chi connectivity index (χ2v) is 7.56. The van der Waals surface area contributed by atoms with E-state index in [9.17, 15) is 0 Å². The summed E-state index contributed by atoms with van der Waals surface area (Å²) in [6, 6.07) is 8.15. The van der Waals surface area contributed by atoms with Gasteiger partial charge in [-0.25, -0.2) is 10.4 Å². The molecule has 3 rings (SSSR count). The minimum absolute atomic E-state index is 0.181. The van der Waals surface area contributed by atoms with Crippen molar-refractivity contribution in [1.29, 1.82) is 5.41 Å². The van der Waals surface area contributed by atoms with Crippen molar-refractivity contribution < 1.29 is 4.74 Å². The van der Waals surface area contributed by atoms with Crippen molar-refractivity contribution in [3.05, 3.63) is 34.8 Å². The zero-order valence-corrected chi connectivity index (χ0v) is 16.0. The molecule has 1 saturated carbocycles. The van der Waals surface area contributed by atoms with Crippen molar-refractivity contribution in [3.8, 4) is 16.3 Å². The fourth-order valence-corrected chi connectivity index (χ4v) is 4.14. The molecular formula is C19H25N5OS. The Balaban J connectivity index is 1.79. The van der Waals surface area contributed by atoms with E-state index in [1.165, 1.54) is 19.3 Å². The first kappa shape index (κ1) is 18.4. The van der Waals surface area contributed by atoms with Crippen molar-refractivity contribution in [2.24, 2.45) is 10.8 Å². The van der Waals surface area contributed by atoms with Gasteiger partial charge in [0.05, 0.1) is 22.4 Å². The van der Waals surface area contributed by atoms with Crippen LogP contribution in [0, 0.1) is 12.3 Å². The van der Waals surface area contributed by atoms with Gasteiger partial charge in [0.2, 0.25) is 5.96 Å². The molecule has 0 radical (unpaired) electrons. The predicted molar refractivity (Wildman–Crippen MR) is 107 cm³/mol. The van der Waals surface area contributed by atoms with Crippen molar-refractivity contribution in [3.63, 3.8) is 0 Å². The molecule has 1 fully saturated rings. The fraction of sp³-hybridized carbons (Fsp3) is 0.421. The molecule has 26 heavy (non-hydrogen) atoms. The molecule has 1 aromatic carbocycles. The minimum Gasteiger partial charge on any atom is -0.490 e. The maximum Gasteiger partial charge on any atom is 0.206 e. The van der Waals surface area contributed by atoms with Gasteiger partial charge in [-0.05, 0) is 51.7 Å². The SMILES string of the molecule is CC(=NNC(=N)N)c1sc(-c2cccc(OC3CCCCC3)c2)nc1C. The summed E-state index contributed by atoms with van der Waals surface area (Å²) in [7, 11) is 0. The molecular weight excluding hydrogens is 346 g/mol. The van der Waals surface area contributed by atoms with E-state index in [1.807, 2.05) is 26.0 Å². The largest absolute Gasteiger partial charge is 0.490 e. The Morgan fingerprint density at radius 3 is 2.85 bits per heavy atom. The molecule has 1 aliphatic rings. The number of aryl methyl sites for hydroxylation is 1. The molecule has 138 valence electrons. The number of rotatable bonds is 5. The summed E-state index contributed by atoms with van der Waals surface area (Å²) in [6.45, 7) is 3.84. The van der Waals surface area contributed by atoms with Gasteiger partial charge >= 0.3 is 0 Å².